The van der Waals surface area contributed by atoms with E-state index < -0.39 is 0 Å². The van der Waals surface area contributed by atoms with Crippen LogP contribution in [-0.2, 0) is 9.53 Å². The lowest BCUT2D eigenvalue weighted by atomic mass is 10.1. The van der Waals surface area contributed by atoms with Gasteiger partial charge in [-0.25, -0.2) is 0 Å². The van der Waals surface area contributed by atoms with Crippen molar-refractivity contribution in [1.29, 1.82) is 5.26 Å². The number of nitrogens with one attached hydrogen (secondary N) is 1. The van der Waals surface area contributed by atoms with Gasteiger partial charge < -0.3 is 10.1 Å². The number of benzene rings is 1. The van der Waals surface area contributed by atoms with Crippen molar-refractivity contribution in [2.45, 2.75) is 6.92 Å². The Bertz CT molecular complexity index is 410. The van der Waals surface area contributed by atoms with E-state index in [0.717, 1.165) is 5.69 Å². The Balaban J connectivity index is 2.62. The number of carbonyl (C=O) groups is 1. The maximum Gasteiger partial charge on any atom is 0.310 e. The first-order chi connectivity index (χ1) is 7.69. The summed E-state index contributed by atoms with van der Waals surface area (Å²) in [7, 11) is 1.36. The van der Waals surface area contributed by atoms with Crippen LogP contribution in [0.3, 0.4) is 0 Å². The predicted molar refractivity (Wildman–Crippen MR) is 60.8 cm³/mol. The summed E-state index contributed by atoms with van der Waals surface area (Å²) in [5, 5.41) is 11.9. The maximum absolute atomic E-state index is 11.2. The first-order valence-corrected chi connectivity index (χ1v) is 5.00. The van der Waals surface area contributed by atoms with Gasteiger partial charge in [-0.1, -0.05) is 19.1 Å². The average Bonchev–Trinajstić information content (AvgIpc) is 2.35. The van der Waals surface area contributed by atoms with Crippen molar-refractivity contribution in [2.75, 3.05) is 19.0 Å². The predicted octanol–water partition coefficient (Wildman–Crippen LogP) is 1.78. The van der Waals surface area contributed by atoms with E-state index in [9.17, 15) is 4.79 Å². The van der Waals surface area contributed by atoms with Crippen molar-refractivity contribution >= 4 is 11.7 Å². The van der Waals surface area contributed by atoms with Crippen LogP contribution in [0.4, 0.5) is 5.69 Å². The molecule has 4 heteroatoms. The Labute approximate surface area is 94.8 Å². The van der Waals surface area contributed by atoms with Crippen molar-refractivity contribution in [2.24, 2.45) is 5.92 Å². The molecule has 0 radical (unpaired) electrons. The number of ether oxygens (including phenoxy) is 1. The lowest BCUT2D eigenvalue weighted by Gasteiger charge is -2.12. The van der Waals surface area contributed by atoms with Crippen LogP contribution in [0.1, 0.15) is 12.5 Å². The van der Waals surface area contributed by atoms with E-state index >= 15 is 0 Å². The van der Waals surface area contributed by atoms with Crippen LogP contribution in [0.5, 0.6) is 0 Å². The van der Waals surface area contributed by atoms with Gasteiger partial charge in [0.2, 0.25) is 0 Å². The smallest absolute Gasteiger partial charge is 0.310 e. The maximum atomic E-state index is 11.2. The molecule has 1 aromatic carbocycles. The Kier molecular flexibility index (Phi) is 4.34. The van der Waals surface area contributed by atoms with Crippen LogP contribution in [-0.4, -0.2) is 19.6 Å². The minimum atomic E-state index is -0.262. The van der Waals surface area contributed by atoms with E-state index in [2.05, 4.69) is 16.1 Å². The molecule has 0 heterocycles. The monoisotopic (exact) mass is 218 g/mol. The molecule has 1 N–H and O–H groups in total. The molecule has 4 nitrogen and oxygen atoms in total. The summed E-state index contributed by atoms with van der Waals surface area (Å²) in [5.74, 6) is -0.501. The molecule has 0 aliphatic carbocycles. The third-order valence-electron chi connectivity index (χ3n) is 2.25. The molecule has 0 saturated heterocycles. The molecule has 0 spiro atoms. The molecule has 1 atom stereocenters. The van der Waals surface area contributed by atoms with Gasteiger partial charge in [0.1, 0.15) is 6.07 Å². The van der Waals surface area contributed by atoms with Crippen molar-refractivity contribution < 1.29 is 9.53 Å². The topological polar surface area (TPSA) is 62.1 Å². The quantitative estimate of drug-likeness (QED) is 0.782. The third-order valence-corrected chi connectivity index (χ3v) is 2.25. The number of nitrogens with zero attached hydrogens (tertiary/aromatic N) is 1. The van der Waals surface area contributed by atoms with Gasteiger partial charge in [-0.15, -0.1) is 0 Å². The van der Waals surface area contributed by atoms with Crippen molar-refractivity contribution in [1.82, 2.24) is 0 Å². The lowest BCUT2D eigenvalue weighted by Crippen LogP contribution is -2.21. The molecule has 0 amide bonds. The molecule has 16 heavy (non-hydrogen) atoms. The molecule has 1 unspecified atom stereocenters. The van der Waals surface area contributed by atoms with Crippen molar-refractivity contribution in [3.8, 4) is 6.07 Å². The van der Waals surface area contributed by atoms with Crippen LogP contribution in [0.2, 0.25) is 0 Å². The highest BCUT2D eigenvalue weighted by molar-refractivity contribution is 5.72. The first-order valence-electron chi connectivity index (χ1n) is 5.00. The molecule has 0 saturated carbocycles. The lowest BCUT2D eigenvalue weighted by molar-refractivity contribution is -0.144. The number of hydrogen-bond donors (Lipinski definition) is 1. The summed E-state index contributed by atoms with van der Waals surface area (Å²) in [4.78, 5) is 11.2. The van der Waals surface area contributed by atoms with Crippen molar-refractivity contribution in [3.05, 3.63) is 29.8 Å². The number of hydrogen-bond acceptors (Lipinski definition) is 4. The molecular weight excluding hydrogens is 204 g/mol. The van der Waals surface area contributed by atoms with Gasteiger partial charge in [0.05, 0.1) is 24.3 Å². The summed E-state index contributed by atoms with van der Waals surface area (Å²) in [6, 6.07) is 9.26. The van der Waals surface area contributed by atoms with Gasteiger partial charge in [0.25, 0.3) is 0 Å². The number of rotatable bonds is 4. The zero-order chi connectivity index (χ0) is 12.0. The van der Waals surface area contributed by atoms with Crippen LogP contribution >= 0.6 is 0 Å². The van der Waals surface area contributed by atoms with Gasteiger partial charge in [0, 0.05) is 6.54 Å². The van der Waals surface area contributed by atoms with Gasteiger partial charge in [-0.05, 0) is 12.1 Å². The Morgan fingerprint density at radius 2 is 2.25 bits per heavy atom. The van der Waals surface area contributed by atoms with Gasteiger partial charge in [-0.3, -0.25) is 4.79 Å². The Morgan fingerprint density at radius 1 is 1.56 bits per heavy atom. The molecular formula is C12H14N2O2. The number of para-hydroxylation sites is 1. The summed E-state index contributed by atoms with van der Waals surface area (Å²) < 4.78 is 4.61. The molecule has 84 valence electrons. The second kappa shape index (κ2) is 5.76. The number of methoxy groups -OCH3 is 1. The van der Waals surface area contributed by atoms with E-state index in [1.807, 2.05) is 12.1 Å². The highest BCUT2D eigenvalue weighted by atomic mass is 16.5. The Morgan fingerprint density at radius 3 is 2.88 bits per heavy atom. The van der Waals surface area contributed by atoms with Gasteiger partial charge in [-0.2, -0.15) is 5.26 Å². The summed E-state index contributed by atoms with van der Waals surface area (Å²) in [6.45, 7) is 2.22. The SMILES string of the molecule is COC(=O)C(C)CNc1ccccc1C#N. The minimum absolute atomic E-state index is 0.239. The van der Waals surface area contributed by atoms with Crippen LogP contribution < -0.4 is 5.32 Å². The normalized spacial score (nSPS) is 11.3. The summed E-state index contributed by atoms with van der Waals surface area (Å²) >= 11 is 0. The molecule has 0 aromatic heterocycles. The fourth-order valence-corrected chi connectivity index (χ4v) is 1.28. The number of esters is 1. The summed E-state index contributed by atoms with van der Waals surface area (Å²) in [5.41, 5.74) is 1.31. The largest absolute Gasteiger partial charge is 0.469 e. The molecule has 1 aromatic rings. The third kappa shape index (κ3) is 2.99. The molecule has 1 rings (SSSR count). The molecule has 0 aliphatic heterocycles. The Hall–Kier alpha value is -2.02. The zero-order valence-corrected chi connectivity index (χ0v) is 9.36. The highest BCUT2D eigenvalue weighted by Gasteiger charge is 2.12. The molecule has 0 fully saturated rings. The fraction of sp³-hybridized carbons (Fsp3) is 0.333. The number of anilines is 1. The molecule has 0 bridgehead atoms. The van der Waals surface area contributed by atoms with Crippen LogP contribution in [0.25, 0.3) is 0 Å². The van der Waals surface area contributed by atoms with Crippen molar-refractivity contribution in [3.63, 3.8) is 0 Å². The van der Waals surface area contributed by atoms with Crippen LogP contribution in [0, 0.1) is 17.2 Å². The summed E-state index contributed by atoms with van der Waals surface area (Å²) in [6.07, 6.45) is 0. The van der Waals surface area contributed by atoms with Gasteiger partial charge in [0.15, 0.2) is 0 Å². The number of carbonyl (C=O) groups excluding carboxylic acids is 1. The minimum Gasteiger partial charge on any atom is -0.469 e. The van der Waals surface area contributed by atoms with E-state index in [4.69, 9.17) is 5.26 Å². The van der Waals surface area contributed by atoms with E-state index in [1.54, 1.807) is 19.1 Å². The number of nitriles is 1. The highest BCUT2D eigenvalue weighted by Crippen LogP contribution is 2.14. The van der Waals surface area contributed by atoms with Crippen LogP contribution in [0.15, 0.2) is 24.3 Å². The van der Waals surface area contributed by atoms with E-state index in [1.165, 1.54) is 7.11 Å². The van der Waals surface area contributed by atoms with E-state index in [0.29, 0.717) is 12.1 Å². The zero-order valence-electron chi connectivity index (χ0n) is 9.36. The second-order valence-electron chi connectivity index (χ2n) is 3.46. The first kappa shape index (κ1) is 12.1. The second-order valence-corrected chi connectivity index (χ2v) is 3.46. The fourth-order valence-electron chi connectivity index (χ4n) is 1.28. The van der Waals surface area contributed by atoms with Gasteiger partial charge >= 0.3 is 5.97 Å². The average molecular weight is 218 g/mol. The molecule has 0 aliphatic rings. The van der Waals surface area contributed by atoms with E-state index in [-0.39, 0.29) is 11.9 Å². The standard InChI is InChI=1S/C12H14N2O2/c1-9(12(15)16-2)8-14-11-6-4-3-5-10(11)7-13/h3-6,9,14H,8H2,1-2H3.